The van der Waals surface area contributed by atoms with Gasteiger partial charge in [0.1, 0.15) is 0 Å². The molecule has 0 aliphatic carbocycles. The van der Waals surface area contributed by atoms with Gasteiger partial charge in [-0.15, -0.1) is 0 Å². The third-order valence-electron chi connectivity index (χ3n) is 2.91. The maximum absolute atomic E-state index is 10.9. The Kier molecular flexibility index (Phi) is 3.99. The summed E-state index contributed by atoms with van der Waals surface area (Å²) in [5.41, 5.74) is 1.29. The van der Waals surface area contributed by atoms with Crippen molar-refractivity contribution >= 4 is 16.9 Å². The minimum absolute atomic E-state index is 0.326. The Hall–Kier alpha value is -1.81. The lowest BCUT2D eigenvalue weighted by atomic mass is 10.1. The smallest absolute Gasteiger partial charge is 0.335 e. The number of carbonyl (C=O) groups is 1. The van der Waals surface area contributed by atoms with E-state index >= 15 is 0 Å². The quantitative estimate of drug-likeness (QED) is 0.798. The minimum atomic E-state index is -0.890. The fraction of sp³-hybridized carbons (Fsp3) is 0.357. The molecule has 0 aliphatic heterocycles. The van der Waals surface area contributed by atoms with Crippen LogP contribution in [0.5, 0.6) is 0 Å². The number of carboxylic acid groups (broad SMARTS) is 1. The van der Waals surface area contributed by atoms with Gasteiger partial charge in [0.05, 0.1) is 5.56 Å². The summed E-state index contributed by atoms with van der Waals surface area (Å²) in [6.07, 6.45) is 2.91. The minimum Gasteiger partial charge on any atom is -0.478 e. The van der Waals surface area contributed by atoms with Crippen LogP contribution >= 0.6 is 0 Å². The molecular formula is C14H17NO3. The van der Waals surface area contributed by atoms with Gasteiger partial charge in [0.25, 0.3) is 0 Å². The van der Waals surface area contributed by atoms with Crippen LogP contribution < -0.4 is 0 Å². The molecule has 1 aromatic carbocycles. The Morgan fingerprint density at radius 2 is 2.22 bits per heavy atom. The van der Waals surface area contributed by atoms with E-state index in [2.05, 4.69) is 4.57 Å². The molecule has 18 heavy (non-hydrogen) atoms. The van der Waals surface area contributed by atoms with Crippen molar-refractivity contribution in [3.63, 3.8) is 0 Å². The largest absolute Gasteiger partial charge is 0.478 e. The van der Waals surface area contributed by atoms with E-state index in [1.165, 1.54) is 0 Å². The van der Waals surface area contributed by atoms with Crippen LogP contribution in [0, 0.1) is 0 Å². The number of aromatic carboxylic acids is 1. The van der Waals surface area contributed by atoms with Gasteiger partial charge < -0.3 is 14.4 Å². The van der Waals surface area contributed by atoms with Gasteiger partial charge in [0, 0.05) is 31.5 Å². The molecule has 0 atom stereocenters. The molecule has 0 radical (unpaired) electrons. The van der Waals surface area contributed by atoms with E-state index in [4.69, 9.17) is 9.84 Å². The first kappa shape index (κ1) is 12.6. The van der Waals surface area contributed by atoms with Crippen molar-refractivity contribution in [2.24, 2.45) is 0 Å². The lowest BCUT2D eigenvalue weighted by Gasteiger charge is -2.06. The zero-order valence-electron chi connectivity index (χ0n) is 10.4. The molecule has 4 heteroatoms. The van der Waals surface area contributed by atoms with Crippen LogP contribution in [0.25, 0.3) is 10.9 Å². The lowest BCUT2D eigenvalue weighted by molar-refractivity contribution is 0.0697. The fourth-order valence-corrected chi connectivity index (χ4v) is 1.99. The third-order valence-corrected chi connectivity index (χ3v) is 2.91. The Balaban J connectivity index is 2.17. The highest BCUT2D eigenvalue weighted by atomic mass is 16.5. The highest BCUT2D eigenvalue weighted by Gasteiger charge is 2.06. The van der Waals surface area contributed by atoms with Crippen molar-refractivity contribution in [1.29, 1.82) is 0 Å². The van der Waals surface area contributed by atoms with Crippen LogP contribution in [0.3, 0.4) is 0 Å². The van der Waals surface area contributed by atoms with Crippen molar-refractivity contribution < 1.29 is 14.6 Å². The number of hydrogen-bond acceptors (Lipinski definition) is 2. The van der Waals surface area contributed by atoms with Gasteiger partial charge in [-0.2, -0.15) is 0 Å². The SMILES string of the molecule is CCOCCCn1ccc2ccc(C(=O)O)cc21. The fourth-order valence-electron chi connectivity index (χ4n) is 1.99. The van der Waals surface area contributed by atoms with E-state index in [-0.39, 0.29) is 0 Å². The molecule has 0 spiro atoms. The number of benzene rings is 1. The van der Waals surface area contributed by atoms with Gasteiger partial charge in [0.15, 0.2) is 0 Å². The summed E-state index contributed by atoms with van der Waals surface area (Å²) in [6, 6.07) is 7.20. The Bertz CT molecular complexity index is 545. The predicted octanol–water partition coefficient (Wildman–Crippen LogP) is 2.77. The summed E-state index contributed by atoms with van der Waals surface area (Å²) in [4.78, 5) is 10.9. The Labute approximate surface area is 106 Å². The monoisotopic (exact) mass is 247 g/mol. The molecule has 4 nitrogen and oxygen atoms in total. The predicted molar refractivity (Wildman–Crippen MR) is 70.0 cm³/mol. The molecular weight excluding hydrogens is 230 g/mol. The van der Waals surface area contributed by atoms with Gasteiger partial charge in [-0.25, -0.2) is 4.79 Å². The molecule has 0 unspecified atom stereocenters. The van der Waals surface area contributed by atoms with Crippen LogP contribution in [0.2, 0.25) is 0 Å². The zero-order valence-corrected chi connectivity index (χ0v) is 10.4. The number of rotatable bonds is 6. The van der Waals surface area contributed by atoms with Crippen LogP contribution in [0.15, 0.2) is 30.5 Å². The normalized spacial score (nSPS) is 10.9. The summed E-state index contributed by atoms with van der Waals surface area (Å²) in [5.74, 6) is -0.890. The van der Waals surface area contributed by atoms with Gasteiger partial charge in [-0.3, -0.25) is 0 Å². The average Bonchev–Trinajstić information content (AvgIpc) is 2.77. The number of hydrogen-bond donors (Lipinski definition) is 1. The molecule has 2 rings (SSSR count). The van der Waals surface area contributed by atoms with Crippen LogP contribution in [-0.4, -0.2) is 28.9 Å². The molecule has 0 aliphatic rings. The van der Waals surface area contributed by atoms with E-state index in [0.29, 0.717) is 5.56 Å². The summed E-state index contributed by atoms with van der Waals surface area (Å²) < 4.78 is 7.37. The number of aryl methyl sites for hydroxylation is 1. The molecule has 0 saturated carbocycles. The number of carboxylic acids is 1. The molecule has 1 N–H and O–H groups in total. The first-order valence-corrected chi connectivity index (χ1v) is 6.12. The maximum Gasteiger partial charge on any atom is 0.335 e. The molecule has 2 aromatic rings. The van der Waals surface area contributed by atoms with Crippen LogP contribution in [-0.2, 0) is 11.3 Å². The van der Waals surface area contributed by atoms with Gasteiger partial charge in [-0.1, -0.05) is 6.07 Å². The zero-order chi connectivity index (χ0) is 13.0. The second kappa shape index (κ2) is 5.69. The summed E-state index contributed by atoms with van der Waals surface area (Å²) in [7, 11) is 0. The first-order valence-electron chi connectivity index (χ1n) is 6.12. The molecule has 0 fully saturated rings. The highest BCUT2D eigenvalue weighted by Crippen LogP contribution is 2.18. The van der Waals surface area contributed by atoms with Crippen molar-refractivity contribution in [3.8, 4) is 0 Å². The van der Waals surface area contributed by atoms with Crippen LogP contribution in [0.1, 0.15) is 23.7 Å². The van der Waals surface area contributed by atoms with E-state index in [0.717, 1.165) is 37.1 Å². The number of ether oxygens (including phenoxy) is 1. The maximum atomic E-state index is 10.9. The van der Waals surface area contributed by atoms with Gasteiger partial charge in [0.2, 0.25) is 0 Å². The molecule has 96 valence electrons. The number of fused-ring (bicyclic) bond motifs is 1. The lowest BCUT2D eigenvalue weighted by Crippen LogP contribution is -2.02. The number of aromatic nitrogens is 1. The third kappa shape index (κ3) is 2.71. The van der Waals surface area contributed by atoms with Crippen molar-refractivity contribution in [3.05, 3.63) is 36.0 Å². The summed E-state index contributed by atoms with van der Waals surface area (Å²) in [5, 5.41) is 10.1. The van der Waals surface area contributed by atoms with E-state index in [1.807, 2.05) is 25.3 Å². The second-order valence-corrected chi connectivity index (χ2v) is 4.14. The molecule has 0 amide bonds. The van der Waals surface area contributed by atoms with Crippen molar-refractivity contribution in [2.75, 3.05) is 13.2 Å². The topological polar surface area (TPSA) is 51.5 Å². The van der Waals surface area contributed by atoms with E-state index < -0.39 is 5.97 Å². The Morgan fingerprint density at radius 1 is 1.39 bits per heavy atom. The molecule has 0 saturated heterocycles. The number of nitrogens with zero attached hydrogens (tertiary/aromatic N) is 1. The van der Waals surface area contributed by atoms with Gasteiger partial charge >= 0.3 is 5.97 Å². The molecule has 1 aromatic heterocycles. The van der Waals surface area contributed by atoms with Crippen molar-refractivity contribution in [2.45, 2.75) is 19.9 Å². The second-order valence-electron chi connectivity index (χ2n) is 4.14. The average molecular weight is 247 g/mol. The van der Waals surface area contributed by atoms with Crippen molar-refractivity contribution in [1.82, 2.24) is 4.57 Å². The molecule has 0 bridgehead atoms. The van der Waals surface area contributed by atoms with Crippen LogP contribution in [0.4, 0.5) is 0 Å². The standard InChI is InChI=1S/C14H17NO3/c1-2-18-9-3-7-15-8-6-11-4-5-12(14(16)17)10-13(11)15/h4-6,8,10H,2-3,7,9H2,1H3,(H,16,17). The Morgan fingerprint density at radius 3 is 2.94 bits per heavy atom. The van der Waals surface area contributed by atoms with E-state index in [9.17, 15) is 4.79 Å². The highest BCUT2D eigenvalue weighted by molar-refractivity contribution is 5.93. The van der Waals surface area contributed by atoms with E-state index in [1.54, 1.807) is 12.1 Å². The first-order chi connectivity index (χ1) is 8.72. The molecule has 1 heterocycles. The summed E-state index contributed by atoms with van der Waals surface area (Å²) in [6.45, 7) is 4.28. The van der Waals surface area contributed by atoms with Gasteiger partial charge in [-0.05, 0) is 36.9 Å². The summed E-state index contributed by atoms with van der Waals surface area (Å²) >= 11 is 0.